The fourth-order valence-electron chi connectivity index (χ4n) is 2.51. The highest BCUT2D eigenvalue weighted by Gasteiger charge is 2.08. The van der Waals surface area contributed by atoms with Crippen LogP contribution < -0.4 is 14.8 Å². The van der Waals surface area contributed by atoms with Gasteiger partial charge in [-0.3, -0.25) is 9.78 Å². The van der Waals surface area contributed by atoms with Gasteiger partial charge in [0.05, 0.1) is 18.0 Å². The second kappa shape index (κ2) is 9.50. The number of aromatic nitrogens is 1. The van der Waals surface area contributed by atoms with Crippen LogP contribution in [-0.4, -0.2) is 17.0 Å². The van der Waals surface area contributed by atoms with Crippen LogP contribution in [0, 0.1) is 5.82 Å². The molecule has 148 valence electrons. The Balaban J connectivity index is 1.65. The van der Waals surface area contributed by atoms with Gasteiger partial charge in [-0.2, -0.15) is 0 Å². The maximum absolute atomic E-state index is 14.3. The Morgan fingerprint density at radius 2 is 1.93 bits per heavy atom. The molecule has 0 fully saturated rings. The number of hydrogen-bond acceptors (Lipinski definition) is 4. The second-order valence-electron chi connectivity index (χ2n) is 6.47. The number of carbonyl (C=O) groups excluding carboxylic acids is 1. The van der Waals surface area contributed by atoms with Crippen LogP contribution in [0.5, 0.6) is 17.2 Å². The first-order valence-corrected chi connectivity index (χ1v) is 9.13. The Bertz CT molecular complexity index is 1000. The molecule has 1 N–H and O–H groups in total. The number of benzene rings is 2. The van der Waals surface area contributed by atoms with Crippen molar-refractivity contribution in [2.75, 3.05) is 5.32 Å². The molecule has 5 nitrogen and oxygen atoms in total. The Labute approximate surface area is 168 Å². The second-order valence-corrected chi connectivity index (χ2v) is 6.47. The minimum absolute atomic E-state index is 0.0148. The van der Waals surface area contributed by atoms with Crippen molar-refractivity contribution in [2.45, 2.75) is 20.0 Å². The van der Waals surface area contributed by atoms with Crippen molar-refractivity contribution >= 4 is 17.7 Å². The van der Waals surface area contributed by atoms with E-state index >= 15 is 0 Å². The summed E-state index contributed by atoms with van der Waals surface area (Å²) in [5, 5.41) is 2.77. The highest BCUT2D eigenvalue weighted by Crippen LogP contribution is 2.26. The molecular weight excluding hydrogens is 371 g/mol. The van der Waals surface area contributed by atoms with E-state index in [9.17, 15) is 9.18 Å². The highest BCUT2D eigenvalue weighted by molar-refractivity contribution is 6.02. The Kier molecular flexibility index (Phi) is 6.58. The Hall–Kier alpha value is -3.67. The molecule has 0 aliphatic carbocycles. The van der Waals surface area contributed by atoms with Gasteiger partial charge in [-0.1, -0.05) is 18.2 Å². The summed E-state index contributed by atoms with van der Waals surface area (Å²) in [7, 11) is 0. The predicted octanol–water partition coefficient (Wildman–Crippen LogP) is 5.45. The lowest BCUT2D eigenvalue weighted by Gasteiger charge is -2.14. The molecule has 0 atom stereocenters. The normalized spacial score (nSPS) is 10.9. The van der Waals surface area contributed by atoms with Gasteiger partial charge in [0.1, 0.15) is 11.5 Å². The fourth-order valence-corrected chi connectivity index (χ4v) is 2.51. The quantitative estimate of drug-likeness (QED) is 0.543. The molecule has 3 rings (SSSR count). The van der Waals surface area contributed by atoms with Gasteiger partial charge in [0.25, 0.3) is 0 Å². The number of ether oxygens (including phenoxy) is 2. The molecule has 0 saturated carbocycles. The third-order valence-corrected chi connectivity index (χ3v) is 3.75. The number of nitrogens with zero attached hydrogens (tertiary/aromatic N) is 1. The molecule has 0 bridgehead atoms. The largest absolute Gasteiger partial charge is 0.489 e. The maximum atomic E-state index is 14.3. The van der Waals surface area contributed by atoms with Crippen LogP contribution in [-0.2, 0) is 4.79 Å². The number of halogens is 1. The minimum Gasteiger partial charge on any atom is -0.489 e. The summed E-state index contributed by atoms with van der Waals surface area (Å²) in [6, 6.07) is 15.0. The molecule has 1 heterocycles. The first kappa shape index (κ1) is 20.1. The summed E-state index contributed by atoms with van der Waals surface area (Å²) in [5.41, 5.74) is 1.10. The highest BCUT2D eigenvalue weighted by atomic mass is 19.1. The predicted molar refractivity (Wildman–Crippen MR) is 111 cm³/mol. The standard InChI is InChI=1S/C23H21FN2O3/c1-16(2)28-22-8-4-3-7-20(22)26-23(27)12-10-17-9-11-21(19(24)14-17)29-18-6-5-13-25-15-18/h3-16H,1-2H3,(H,26,27)/b12-10+. The Morgan fingerprint density at radius 3 is 2.66 bits per heavy atom. The average Bonchev–Trinajstić information content (AvgIpc) is 2.70. The summed E-state index contributed by atoms with van der Waals surface area (Å²) in [4.78, 5) is 16.2. The van der Waals surface area contributed by atoms with E-state index in [-0.39, 0.29) is 17.8 Å². The number of para-hydroxylation sites is 2. The SMILES string of the molecule is CC(C)Oc1ccccc1NC(=O)/C=C/c1ccc(Oc2cccnc2)c(F)c1. The number of rotatable bonds is 7. The van der Waals surface area contributed by atoms with E-state index in [0.29, 0.717) is 22.7 Å². The number of pyridine rings is 1. The van der Waals surface area contributed by atoms with Gasteiger partial charge in [-0.15, -0.1) is 0 Å². The van der Waals surface area contributed by atoms with Crippen LogP contribution in [0.4, 0.5) is 10.1 Å². The molecule has 0 unspecified atom stereocenters. The van der Waals surface area contributed by atoms with Gasteiger partial charge in [0.2, 0.25) is 5.91 Å². The summed E-state index contributed by atoms with van der Waals surface area (Å²) >= 11 is 0. The lowest BCUT2D eigenvalue weighted by Crippen LogP contribution is -2.12. The van der Waals surface area contributed by atoms with Crippen LogP contribution in [0.15, 0.2) is 73.1 Å². The van der Waals surface area contributed by atoms with Crippen LogP contribution >= 0.6 is 0 Å². The summed E-state index contributed by atoms with van der Waals surface area (Å²) in [6.07, 6.45) is 5.95. The topological polar surface area (TPSA) is 60.5 Å². The van der Waals surface area contributed by atoms with E-state index in [0.717, 1.165) is 0 Å². The van der Waals surface area contributed by atoms with Crippen molar-refractivity contribution in [3.8, 4) is 17.2 Å². The summed E-state index contributed by atoms with van der Waals surface area (Å²) < 4.78 is 25.4. The first-order valence-electron chi connectivity index (χ1n) is 9.13. The summed E-state index contributed by atoms with van der Waals surface area (Å²) in [5.74, 6) is 0.232. The van der Waals surface area contributed by atoms with Crippen molar-refractivity contribution in [1.82, 2.24) is 4.98 Å². The van der Waals surface area contributed by atoms with E-state index in [2.05, 4.69) is 10.3 Å². The van der Waals surface area contributed by atoms with Crippen molar-refractivity contribution in [1.29, 1.82) is 0 Å². The van der Waals surface area contributed by atoms with Gasteiger partial charge in [-0.05, 0) is 61.9 Å². The van der Waals surface area contributed by atoms with Gasteiger partial charge in [0.15, 0.2) is 11.6 Å². The molecule has 0 aliphatic rings. The van der Waals surface area contributed by atoms with Gasteiger partial charge >= 0.3 is 0 Å². The van der Waals surface area contributed by atoms with Gasteiger partial charge in [0, 0.05) is 12.3 Å². The first-order chi connectivity index (χ1) is 14.0. The molecule has 0 radical (unpaired) electrons. The third kappa shape index (κ3) is 5.90. The molecule has 3 aromatic rings. The van der Waals surface area contributed by atoms with Crippen molar-refractivity contribution in [3.05, 3.63) is 84.4 Å². The van der Waals surface area contributed by atoms with Crippen molar-refractivity contribution < 1.29 is 18.7 Å². The molecule has 1 aromatic heterocycles. The maximum Gasteiger partial charge on any atom is 0.248 e. The van der Waals surface area contributed by atoms with Crippen molar-refractivity contribution in [3.63, 3.8) is 0 Å². The molecule has 0 aliphatic heterocycles. The van der Waals surface area contributed by atoms with Gasteiger partial charge in [-0.25, -0.2) is 4.39 Å². The zero-order chi connectivity index (χ0) is 20.6. The lowest BCUT2D eigenvalue weighted by molar-refractivity contribution is -0.111. The van der Waals surface area contributed by atoms with Crippen LogP contribution in [0.2, 0.25) is 0 Å². The van der Waals surface area contributed by atoms with E-state index < -0.39 is 5.82 Å². The van der Waals surface area contributed by atoms with Crippen LogP contribution in [0.25, 0.3) is 6.08 Å². The monoisotopic (exact) mass is 392 g/mol. The zero-order valence-electron chi connectivity index (χ0n) is 16.1. The van der Waals surface area contributed by atoms with E-state index in [1.54, 1.807) is 36.5 Å². The number of amides is 1. The average molecular weight is 392 g/mol. The molecule has 2 aromatic carbocycles. The van der Waals surface area contributed by atoms with Crippen molar-refractivity contribution in [2.24, 2.45) is 0 Å². The van der Waals surface area contributed by atoms with E-state index in [1.807, 2.05) is 26.0 Å². The number of carbonyl (C=O) groups is 1. The molecule has 1 amide bonds. The number of nitrogens with one attached hydrogen (secondary N) is 1. The smallest absolute Gasteiger partial charge is 0.248 e. The number of hydrogen-bond donors (Lipinski definition) is 1. The van der Waals surface area contributed by atoms with E-state index in [1.165, 1.54) is 30.5 Å². The third-order valence-electron chi connectivity index (χ3n) is 3.75. The molecule has 0 saturated heterocycles. The van der Waals surface area contributed by atoms with Crippen LogP contribution in [0.3, 0.4) is 0 Å². The lowest BCUT2D eigenvalue weighted by atomic mass is 10.2. The molecule has 0 spiro atoms. The van der Waals surface area contributed by atoms with E-state index in [4.69, 9.17) is 9.47 Å². The molecule has 6 heteroatoms. The van der Waals surface area contributed by atoms with Crippen LogP contribution in [0.1, 0.15) is 19.4 Å². The Morgan fingerprint density at radius 1 is 1.10 bits per heavy atom. The zero-order valence-corrected chi connectivity index (χ0v) is 16.1. The number of anilines is 1. The summed E-state index contributed by atoms with van der Waals surface area (Å²) in [6.45, 7) is 3.82. The van der Waals surface area contributed by atoms with Gasteiger partial charge < -0.3 is 14.8 Å². The fraction of sp³-hybridized carbons (Fsp3) is 0.130. The molecular formula is C23H21FN2O3. The molecule has 29 heavy (non-hydrogen) atoms. The minimum atomic E-state index is -0.535.